The number of halogens is 1. The largest absolute Gasteiger partial charge is 0.0619 e. The number of benzene rings is 1. The SMILES string of the molecule is [2H]C([2H])c1ccccc1Br. The summed E-state index contributed by atoms with van der Waals surface area (Å²) in [7, 11) is 0. The summed E-state index contributed by atoms with van der Waals surface area (Å²) < 4.78 is 15.0. The van der Waals surface area contributed by atoms with Gasteiger partial charge in [-0.15, -0.1) is 0 Å². The molecule has 0 spiro atoms. The molecule has 8 heavy (non-hydrogen) atoms. The minimum absolute atomic E-state index is 0.711. The van der Waals surface area contributed by atoms with E-state index in [1.54, 1.807) is 6.07 Å². The molecule has 1 rings (SSSR count). The standard InChI is InChI=1S/C7H7Br/c1-6-4-2-3-5-7(6)8/h2-5H,1H3/i1D2. The lowest BCUT2D eigenvalue weighted by molar-refractivity contribution is 1.43. The van der Waals surface area contributed by atoms with E-state index in [0.29, 0.717) is 5.56 Å². The van der Waals surface area contributed by atoms with Gasteiger partial charge in [-0.1, -0.05) is 34.1 Å². The van der Waals surface area contributed by atoms with Crippen LogP contribution < -0.4 is 0 Å². The molecular formula is C7H7Br. The highest BCUT2D eigenvalue weighted by atomic mass is 79.9. The maximum Gasteiger partial charge on any atom is 0.0280 e. The highest BCUT2D eigenvalue weighted by molar-refractivity contribution is 9.10. The summed E-state index contributed by atoms with van der Waals surface area (Å²) in [4.78, 5) is 0. The molecule has 0 nitrogen and oxygen atoms in total. The molecule has 42 valence electrons. The molecule has 0 aromatic heterocycles. The van der Waals surface area contributed by atoms with Crippen molar-refractivity contribution in [2.24, 2.45) is 0 Å². The van der Waals surface area contributed by atoms with Gasteiger partial charge in [0.1, 0.15) is 0 Å². The Bertz CT molecular complexity index is 223. The summed E-state index contributed by atoms with van der Waals surface area (Å²) in [5.41, 5.74) is 0.711. The van der Waals surface area contributed by atoms with Crippen LogP contribution in [-0.4, -0.2) is 0 Å². The fourth-order valence-electron chi connectivity index (χ4n) is 0.475. The molecule has 0 amide bonds. The van der Waals surface area contributed by atoms with E-state index < -0.39 is 6.88 Å². The fourth-order valence-corrected chi connectivity index (χ4v) is 0.760. The Morgan fingerprint density at radius 3 is 2.75 bits per heavy atom. The Kier molecular flexibility index (Phi) is 1.06. The summed E-state index contributed by atoms with van der Waals surface area (Å²) >= 11 is 3.26. The quantitative estimate of drug-likeness (QED) is 0.565. The molecule has 0 atom stereocenters. The first-order chi connectivity index (χ1) is 4.72. The van der Waals surface area contributed by atoms with Crippen LogP contribution >= 0.6 is 15.9 Å². The van der Waals surface area contributed by atoms with Crippen molar-refractivity contribution < 1.29 is 2.74 Å². The lowest BCUT2D eigenvalue weighted by atomic mass is 10.2. The van der Waals surface area contributed by atoms with Crippen LogP contribution in [0.25, 0.3) is 0 Å². The second kappa shape index (κ2) is 2.31. The molecular weight excluding hydrogens is 164 g/mol. The number of hydrogen-bond acceptors (Lipinski definition) is 0. The molecule has 0 N–H and O–H groups in total. The Morgan fingerprint density at radius 1 is 1.50 bits per heavy atom. The first-order valence-corrected chi connectivity index (χ1v) is 3.10. The molecule has 0 aliphatic rings. The van der Waals surface area contributed by atoms with Gasteiger partial charge in [-0.2, -0.15) is 0 Å². The summed E-state index contributed by atoms with van der Waals surface area (Å²) in [6.07, 6.45) is 0. The molecule has 0 radical (unpaired) electrons. The smallest absolute Gasteiger partial charge is 0.0280 e. The summed E-state index contributed by atoms with van der Waals surface area (Å²) in [5.74, 6) is 0. The van der Waals surface area contributed by atoms with Crippen molar-refractivity contribution in [1.29, 1.82) is 0 Å². The van der Waals surface area contributed by atoms with E-state index in [2.05, 4.69) is 15.9 Å². The minimum Gasteiger partial charge on any atom is -0.0619 e. The first-order valence-electron chi connectivity index (χ1n) is 3.46. The van der Waals surface area contributed by atoms with E-state index in [4.69, 9.17) is 2.74 Å². The van der Waals surface area contributed by atoms with Crippen molar-refractivity contribution >= 4 is 15.9 Å². The summed E-state index contributed by atoms with van der Waals surface area (Å²) in [5, 5.41) is 0. The van der Waals surface area contributed by atoms with Crippen LogP contribution in [0.2, 0.25) is 0 Å². The molecule has 1 heteroatoms. The lowest BCUT2D eigenvalue weighted by Gasteiger charge is -1.91. The second-order valence-electron chi connectivity index (χ2n) is 1.52. The highest BCUT2D eigenvalue weighted by Crippen LogP contribution is 2.13. The molecule has 1 aromatic rings. The van der Waals surface area contributed by atoms with E-state index in [1.807, 2.05) is 18.2 Å². The van der Waals surface area contributed by atoms with Crippen molar-refractivity contribution in [3.05, 3.63) is 34.3 Å². The van der Waals surface area contributed by atoms with Crippen molar-refractivity contribution in [3.63, 3.8) is 0 Å². The van der Waals surface area contributed by atoms with Gasteiger partial charge in [-0.05, 0) is 18.5 Å². The highest BCUT2D eigenvalue weighted by Gasteiger charge is 1.85. The molecule has 0 saturated carbocycles. The topological polar surface area (TPSA) is 0 Å². The third kappa shape index (κ3) is 1.10. The van der Waals surface area contributed by atoms with Gasteiger partial charge in [-0.3, -0.25) is 0 Å². The number of aryl methyl sites for hydroxylation is 1. The van der Waals surface area contributed by atoms with Gasteiger partial charge in [0.05, 0.1) is 0 Å². The molecule has 1 aromatic carbocycles. The Morgan fingerprint density at radius 2 is 2.25 bits per heavy atom. The predicted octanol–water partition coefficient (Wildman–Crippen LogP) is 2.76. The number of rotatable bonds is 0. The monoisotopic (exact) mass is 172 g/mol. The first kappa shape index (κ1) is 3.67. The van der Waals surface area contributed by atoms with Gasteiger partial charge in [-0.25, -0.2) is 0 Å². The third-order valence-corrected chi connectivity index (χ3v) is 1.63. The predicted molar refractivity (Wildman–Crippen MR) is 38.9 cm³/mol. The Balaban J connectivity index is 3.03. The van der Waals surface area contributed by atoms with E-state index in [-0.39, 0.29) is 0 Å². The van der Waals surface area contributed by atoms with Gasteiger partial charge in [0.2, 0.25) is 0 Å². The van der Waals surface area contributed by atoms with Gasteiger partial charge < -0.3 is 0 Å². The zero-order chi connectivity index (χ0) is 7.56. The number of hydrogen-bond donors (Lipinski definition) is 0. The van der Waals surface area contributed by atoms with Crippen LogP contribution in [0, 0.1) is 6.88 Å². The molecule has 0 unspecified atom stereocenters. The van der Waals surface area contributed by atoms with Crippen LogP contribution in [-0.2, 0) is 0 Å². The van der Waals surface area contributed by atoms with E-state index in [0.717, 1.165) is 4.47 Å². The Labute approximate surface area is 60.5 Å². The van der Waals surface area contributed by atoms with Crippen LogP contribution in [0.1, 0.15) is 8.30 Å². The van der Waals surface area contributed by atoms with Crippen LogP contribution in [0.4, 0.5) is 0 Å². The van der Waals surface area contributed by atoms with Gasteiger partial charge in [0.15, 0.2) is 0 Å². The molecule has 0 aliphatic carbocycles. The van der Waals surface area contributed by atoms with E-state index in [9.17, 15) is 0 Å². The minimum atomic E-state index is -0.893. The zero-order valence-electron chi connectivity index (χ0n) is 6.26. The normalized spacial score (nSPS) is 13.2. The zero-order valence-corrected chi connectivity index (χ0v) is 5.85. The molecule has 0 bridgehead atoms. The van der Waals surface area contributed by atoms with Crippen molar-refractivity contribution in [3.8, 4) is 0 Å². The van der Waals surface area contributed by atoms with E-state index in [1.165, 1.54) is 0 Å². The molecule has 0 fully saturated rings. The van der Waals surface area contributed by atoms with Crippen molar-refractivity contribution in [1.82, 2.24) is 0 Å². The third-order valence-electron chi connectivity index (χ3n) is 0.905. The van der Waals surface area contributed by atoms with Gasteiger partial charge >= 0.3 is 0 Å². The average Bonchev–Trinajstić information content (AvgIpc) is 1.88. The van der Waals surface area contributed by atoms with Gasteiger partial charge in [0, 0.05) is 7.21 Å². The molecule has 0 heterocycles. The lowest BCUT2D eigenvalue weighted by Crippen LogP contribution is -1.69. The summed E-state index contributed by atoms with van der Waals surface area (Å²) in [6.45, 7) is -0.893. The maximum absolute atomic E-state index is 7.10. The van der Waals surface area contributed by atoms with Crippen molar-refractivity contribution in [2.75, 3.05) is 0 Å². The average molecular weight is 173 g/mol. The van der Waals surface area contributed by atoms with Crippen molar-refractivity contribution in [2.45, 2.75) is 6.88 Å². The molecule has 0 saturated heterocycles. The Hall–Kier alpha value is -0.300. The fraction of sp³-hybridized carbons (Fsp3) is 0.143. The van der Waals surface area contributed by atoms with Crippen LogP contribution in [0.15, 0.2) is 28.7 Å². The van der Waals surface area contributed by atoms with Crippen LogP contribution in [0.5, 0.6) is 0 Å². The van der Waals surface area contributed by atoms with Gasteiger partial charge in [0.25, 0.3) is 0 Å². The second-order valence-corrected chi connectivity index (χ2v) is 2.38. The van der Waals surface area contributed by atoms with E-state index >= 15 is 0 Å². The molecule has 0 aliphatic heterocycles. The summed E-state index contributed by atoms with van der Waals surface area (Å²) in [6, 6.07) is 7.31. The maximum atomic E-state index is 7.10. The van der Waals surface area contributed by atoms with Crippen LogP contribution in [0.3, 0.4) is 0 Å².